The van der Waals surface area contributed by atoms with Gasteiger partial charge in [-0.05, 0) is 49.9 Å². The molecule has 2 bridgehead atoms. The summed E-state index contributed by atoms with van der Waals surface area (Å²) in [5, 5.41) is 5.13. The molecule has 2 fully saturated rings. The lowest BCUT2D eigenvalue weighted by Gasteiger charge is -2.27. The first kappa shape index (κ1) is 14.4. The molecule has 20 heavy (non-hydrogen) atoms. The summed E-state index contributed by atoms with van der Waals surface area (Å²) >= 11 is 6.34. The Kier molecular flexibility index (Phi) is 4.34. The zero-order valence-electron chi connectivity index (χ0n) is 12.2. The largest absolute Gasteiger partial charge is 0.271 e. The van der Waals surface area contributed by atoms with E-state index >= 15 is 0 Å². The summed E-state index contributed by atoms with van der Waals surface area (Å²) in [6, 6.07) is 0.126. The maximum atomic E-state index is 6.34. The van der Waals surface area contributed by atoms with E-state index in [-0.39, 0.29) is 6.04 Å². The van der Waals surface area contributed by atoms with Gasteiger partial charge in [0.15, 0.2) is 0 Å². The average molecular weight is 297 g/mol. The third-order valence-electron chi connectivity index (χ3n) is 5.22. The van der Waals surface area contributed by atoms with Gasteiger partial charge in [0.25, 0.3) is 0 Å². The van der Waals surface area contributed by atoms with Gasteiger partial charge in [0.1, 0.15) is 0 Å². The van der Waals surface area contributed by atoms with E-state index in [1.54, 1.807) is 6.20 Å². The van der Waals surface area contributed by atoms with Crippen LogP contribution in [0.5, 0.6) is 0 Å². The molecule has 4 nitrogen and oxygen atoms in total. The highest BCUT2D eigenvalue weighted by Crippen LogP contribution is 2.51. The van der Waals surface area contributed by atoms with Crippen LogP contribution in [0.3, 0.4) is 0 Å². The van der Waals surface area contributed by atoms with Crippen LogP contribution in [-0.2, 0) is 6.54 Å². The van der Waals surface area contributed by atoms with Gasteiger partial charge in [-0.3, -0.25) is 16.0 Å². The molecule has 0 radical (unpaired) electrons. The number of fused-ring (bicyclic) bond motifs is 2. The standard InChI is InChI=1S/C15H25ClN4/c1-2-5-20-15(13(16)9-18-20)14(19-17)8-12-7-10-3-4-11(12)6-10/h9-12,14,19H,2-8,17H2,1H3. The summed E-state index contributed by atoms with van der Waals surface area (Å²) in [6.07, 6.45) is 9.55. The molecule has 3 rings (SSSR count). The third-order valence-corrected chi connectivity index (χ3v) is 5.51. The second-order valence-corrected chi connectivity index (χ2v) is 6.90. The molecule has 0 aromatic carbocycles. The number of aryl methyl sites for hydroxylation is 1. The summed E-state index contributed by atoms with van der Waals surface area (Å²) in [6.45, 7) is 3.05. The van der Waals surface area contributed by atoms with Gasteiger partial charge in [0, 0.05) is 6.54 Å². The van der Waals surface area contributed by atoms with Gasteiger partial charge < -0.3 is 0 Å². The molecule has 0 amide bonds. The van der Waals surface area contributed by atoms with E-state index in [0.717, 1.165) is 47.9 Å². The van der Waals surface area contributed by atoms with Gasteiger partial charge in [-0.25, -0.2) is 0 Å². The molecular formula is C15H25ClN4. The Bertz CT molecular complexity index is 459. The fourth-order valence-corrected chi connectivity index (χ4v) is 4.61. The van der Waals surface area contributed by atoms with Crippen molar-refractivity contribution in [1.29, 1.82) is 0 Å². The second-order valence-electron chi connectivity index (χ2n) is 6.49. The van der Waals surface area contributed by atoms with E-state index in [0.29, 0.717) is 0 Å². The highest BCUT2D eigenvalue weighted by Gasteiger charge is 2.40. The van der Waals surface area contributed by atoms with Gasteiger partial charge in [0.05, 0.1) is 23.0 Å². The second kappa shape index (κ2) is 6.04. The van der Waals surface area contributed by atoms with E-state index in [2.05, 4.69) is 17.4 Å². The van der Waals surface area contributed by atoms with Crippen molar-refractivity contribution in [1.82, 2.24) is 15.2 Å². The van der Waals surface area contributed by atoms with E-state index in [4.69, 9.17) is 17.4 Å². The fraction of sp³-hybridized carbons (Fsp3) is 0.800. The number of nitrogens with zero attached hydrogens (tertiary/aromatic N) is 2. The molecule has 4 unspecified atom stereocenters. The van der Waals surface area contributed by atoms with Crippen molar-refractivity contribution in [3.8, 4) is 0 Å². The quantitative estimate of drug-likeness (QED) is 0.626. The Labute approximate surface area is 126 Å². The number of hydrogen-bond donors (Lipinski definition) is 2. The Balaban J connectivity index is 1.74. The Morgan fingerprint density at radius 1 is 1.50 bits per heavy atom. The maximum absolute atomic E-state index is 6.34. The van der Waals surface area contributed by atoms with Crippen LogP contribution in [0, 0.1) is 17.8 Å². The fourth-order valence-electron chi connectivity index (χ4n) is 4.33. The molecule has 4 atom stereocenters. The minimum absolute atomic E-state index is 0.126. The number of rotatable bonds is 6. The normalized spacial score (nSPS) is 30.1. The predicted octanol–water partition coefficient (Wildman–Crippen LogP) is 3.28. The molecule has 2 saturated carbocycles. The molecule has 112 valence electrons. The number of halogens is 1. The van der Waals surface area contributed by atoms with Crippen LogP contribution in [0.2, 0.25) is 5.02 Å². The third kappa shape index (κ3) is 2.61. The van der Waals surface area contributed by atoms with Gasteiger partial charge in [-0.1, -0.05) is 24.9 Å². The minimum atomic E-state index is 0.126. The van der Waals surface area contributed by atoms with E-state index in [1.807, 2.05) is 4.68 Å². The molecule has 1 heterocycles. The summed E-state index contributed by atoms with van der Waals surface area (Å²) in [5.41, 5.74) is 4.05. The van der Waals surface area contributed by atoms with Crippen molar-refractivity contribution < 1.29 is 0 Å². The van der Waals surface area contributed by atoms with Crippen molar-refractivity contribution >= 4 is 11.6 Å². The highest BCUT2D eigenvalue weighted by molar-refractivity contribution is 6.31. The first-order chi connectivity index (χ1) is 9.72. The highest BCUT2D eigenvalue weighted by atomic mass is 35.5. The van der Waals surface area contributed by atoms with Crippen LogP contribution < -0.4 is 11.3 Å². The van der Waals surface area contributed by atoms with Crippen LogP contribution in [0.25, 0.3) is 0 Å². The summed E-state index contributed by atoms with van der Waals surface area (Å²) in [4.78, 5) is 0. The molecule has 0 saturated heterocycles. The van der Waals surface area contributed by atoms with Crippen LogP contribution in [-0.4, -0.2) is 9.78 Å². The van der Waals surface area contributed by atoms with E-state index < -0.39 is 0 Å². The van der Waals surface area contributed by atoms with E-state index in [1.165, 1.54) is 25.7 Å². The molecule has 2 aliphatic carbocycles. The summed E-state index contributed by atoms with van der Waals surface area (Å²) in [7, 11) is 0. The Morgan fingerprint density at radius 3 is 2.95 bits per heavy atom. The molecular weight excluding hydrogens is 272 g/mol. The summed E-state index contributed by atoms with van der Waals surface area (Å²) < 4.78 is 2.01. The number of hydrogen-bond acceptors (Lipinski definition) is 3. The Hall–Kier alpha value is -0.580. The van der Waals surface area contributed by atoms with Crippen LogP contribution >= 0.6 is 11.6 Å². The lowest BCUT2D eigenvalue weighted by atomic mass is 9.83. The number of aromatic nitrogens is 2. The lowest BCUT2D eigenvalue weighted by molar-refractivity contribution is 0.274. The Morgan fingerprint density at radius 2 is 2.35 bits per heavy atom. The first-order valence-electron chi connectivity index (χ1n) is 7.90. The van der Waals surface area contributed by atoms with Crippen molar-refractivity contribution in [3.05, 3.63) is 16.9 Å². The van der Waals surface area contributed by atoms with Crippen molar-refractivity contribution in [2.75, 3.05) is 0 Å². The van der Waals surface area contributed by atoms with E-state index in [9.17, 15) is 0 Å². The topological polar surface area (TPSA) is 55.9 Å². The molecule has 2 aliphatic rings. The zero-order valence-corrected chi connectivity index (χ0v) is 12.9. The average Bonchev–Trinajstić information content (AvgIpc) is 3.13. The minimum Gasteiger partial charge on any atom is -0.271 e. The number of hydrazine groups is 1. The molecule has 0 spiro atoms. The number of nitrogens with two attached hydrogens (primary N) is 1. The maximum Gasteiger partial charge on any atom is 0.0834 e. The van der Waals surface area contributed by atoms with Crippen molar-refractivity contribution in [3.63, 3.8) is 0 Å². The van der Waals surface area contributed by atoms with Gasteiger partial charge in [0.2, 0.25) is 0 Å². The zero-order chi connectivity index (χ0) is 14.1. The lowest BCUT2D eigenvalue weighted by Crippen LogP contribution is -2.32. The first-order valence-corrected chi connectivity index (χ1v) is 8.28. The van der Waals surface area contributed by atoms with Crippen LogP contribution in [0.4, 0.5) is 0 Å². The van der Waals surface area contributed by atoms with Crippen molar-refractivity contribution in [2.45, 2.75) is 58.0 Å². The predicted molar refractivity (Wildman–Crippen MR) is 81.1 cm³/mol. The summed E-state index contributed by atoms with van der Waals surface area (Å²) in [5.74, 6) is 8.51. The molecule has 0 aliphatic heterocycles. The van der Waals surface area contributed by atoms with Gasteiger partial charge in [-0.15, -0.1) is 0 Å². The number of nitrogens with one attached hydrogen (secondary N) is 1. The molecule has 1 aromatic rings. The smallest absolute Gasteiger partial charge is 0.0834 e. The van der Waals surface area contributed by atoms with Gasteiger partial charge >= 0.3 is 0 Å². The molecule has 5 heteroatoms. The van der Waals surface area contributed by atoms with Gasteiger partial charge in [-0.2, -0.15) is 5.10 Å². The van der Waals surface area contributed by atoms with Crippen LogP contribution in [0.15, 0.2) is 6.20 Å². The monoisotopic (exact) mass is 296 g/mol. The van der Waals surface area contributed by atoms with Crippen molar-refractivity contribution in [2.24, 2.45) is 23.6 Å². The molecule has 1 aromatic heterocycles. The van der Waals surface area contributed by atoms with Crippen LogP contribution in [0.1, 0.15) is 57.2 Å². The molecule has 3 N–H and O–H groups in total. The SMILES string of the molecule is CCCn1ncc(Cl)c1C(CC1CC2CCC1C2)NN.